The highest BCUT2D eigenvalue weighted by Crippen LogP contribution is 2.15. The third-order valence-corrected chi connectivity index (χ3v) is 2.01. The summed E-state index contributed by atoms with van der Waals surface area (Å²) in [5, 5.41) is 0. The third-order valence-electron chi connectivity index (χ3n) is 2.01. The van der Waals surface area contributed by atoms with Crippen LogP contribution < -0.4 is 0 Å². The SMILES string of the molecule is C=C(C)c1ccc(C(=O)OC(C)(C)C)cc1. The van der Waals surface area contributed by atoms with E-state index in [2.05, 4.69) is 6.58 Å². The summed E-state index contributed by atoms with van der Waals surface area (Å²) in [5.41, 5.74) is 2.13. The van der Waals surface area contributed by atoms with Crippen LogP contribution in [-0.4, -0.2) is 11.6 Å². The highest BCUT2D eigenvalue weighted by atomic mass is 16.6. The number of hydrogen-bond donors (Lipinski definition) is 0. The zero-order valence-corrected chi connectivity index (χ0v) is 10.3. The molecular weight excluding hydrogens is 200 g/mol. The lowest BCUT2D eigenvalue weighted by Gasteiger charge is -2.19. The van der Waals surface area contributed by atoms with Crippen LogP contribution in [0.3, 0.4) is 0 Å². The Morgan fingerprint density at radius 1 is 1.12 bits per heavy atom. The summed E-state index contributed by atoms with van der Waals surface area (Å²) >= 11 is 0. The molecule has 1 aromatic rings. The first-order valence-electron chi connectivity index (χ1n) is 5.29. The standard InChI is InChI=1S/C14H18O2/c1-10(2)11-6-8-12(9-7-11)13(15)16-14(3,4)5/h6-9H,1H2,2-5H3. The van der Waals surface area contributed by atoms with E-state index in [1.807, 2.05) is 39.8 Å². The van der Waals surface area contributed by atoms with Gasteiger partial charge in [-0.25, -0.2) is 4.79 Å². The highest BCUT2D eigenvalue weighted by molar-refractivity contribution is 5.90. The minimum Gasteiger partial charge on any atom is -0.456 e. The van der Waals surface area contributed by atoms with Gasteiger partial charge in [-0.05, 0) is 45.4 Å². The van der Waals surface area contributed by atoms with E-state index in [0.29, 0.717) is 5.56 Å². The van der Waals surface area contributed by atoms with Gasteiger partial charge in [0.25, 0.3) is 0 Å². The van der Waals surface area contributed by atoms with Gasteiger partial charge in [0.2, 0.25) is 0 Å². The lowest BCUT2D eigenvalue weighted by molar-refractivity contribution is 0.00695. The maximum atomic E-state index is 11.7. The summed E-state index contributed by atoms with van der Waals surface area (Å²) < 4.78 is 5.26. The van der Waals surface area contributed by atoms with Gasteiger partial charge in [0.1, 0.15) is 5.60 Å². The molecule has 0 aliphatic heterocycles. The van der Waals surface area contributed by atoms with Gasteiger partial charge in [0.15, 0.2) is 0 Å². The largest absolute Gasteiger partial charge is 0.456 e. The molecule has 0 fully saturated rings. The van der Waals surface area contributed by atoms with Gasteiger partial charge in [-0.2, -0.15) is 0 Å². The van der Waals surface area contributed by atoms with Crippen molar-refractivity contribution < 1.29 is 9.53 Å². The van der Waals surface area contributed by atoms with Crippen molar-refractivity contribution in [1.82, 2.24) is 0 Å². The van der Waals surface area contributed by atoms with E-state index in [0.717, 1.165) is 11.1 Å². The third kappa shape index (κ3) is 3.54. The molecule has 16 heavy (non-hydrogen) atoms. The van der Waals surface area contributed by atoms with Gasteiger partial charge in [0.05, 0.1) is 5.56 Å². The van der Waals surface area contributed by atoms with Crippen LogP contribution in [-0.2, 0) is 4.74 Å². The maximum absolute atomic E-state index is 11.7. The summed E-state index contributed by atoms with van der Waals surface area (Å²) in [6, 6.07) is 7.28. The van der Waals surface area contributed by atoms with E-state index in [1.54, 1.807) is 12.1 Å². The highest BCUT2D eigenvalue weighted by Gasteiger charge is 2.17. The lowest BCUT2D eigenvalue weighted by atomic mass is 10.1. The molecule has 0 saturated heterocycles. The Bertz CT molecular complexity index is 394. The Morgan fingerprint density at radius 3 is 1.94 bits per heavy atom. The molecule has 86 valence electrons. The topological polar surface area (TPSA) is 26.3 Å². The van der Waals surface area contributed by atoms with Crippen molar-refractivity contribution in [1.29, 1.82) is 0 Å². The van der Waals surface area contributed by atoms with Crippen molar-refractivity contribution >= 4 is 11.5 Å². The van der Waals surface area contributed by atoms with Crippen molar-refractivity contribution in [2.45, 2.75) is 33.3 Å². The predicted octanol–water partition coefficient (Wildman–Crippen LogP) is 3.68. The average molecular weight is 218 g/mol. The molecule has 2 heteroatoms. The Balaban J connectivity index is 2.82. The number of allylic oxidation sites excluding steroid dienone is 1. The second-order valence-electron chi connectivity index (χ2n) is 4.86. The smallest absolute Gasteiger partial charge is 0.338 e. The van der Waals surface area contributed by atoms with Crippen molar-refractivity contribution in [3.05, 3.63) is 42.0 Å². The molecule has 0 aromatic heterocycles. The van der Waals surface area contributed by atoms with Crippen LogP contribution in [0.25, 0.3) is 5.57 Å². The molecule has 0 radical (unpaired) electrons. The normalized spacial score (nSPS) is 11.0. The number of ether oxygens (including phenoxy) is 1. The fourth-order valence-electron chi connectivity index (χ4n) is 1.23. The molecule has 0 aliphatic carbocycles. The van der Waals surface area contributed by atoms with Crippen LogP contribution in [0.2, 0.25) is 0 Å². The van der Waals surface area contributed by atoms with E-state index in [4.69, 9.17) is 4.74 Å². The van der Waals surface area contributed by atoms with Crippen LogP contribution in [0.1, 0.15) is 43.6 Å². The fourth-order valence-corrected chi connectivity index (χ4v) is 1.23. The Morgan fingerprint density at radius 2 is 1.56 bits per heavy atom. The lowest BCUT2D eigenvalue weighted by Crippen LogP contribution is -2.23. The zero-order chi connectivity index (χ0) is 12.3. The number of carbonyl (C=O) groups excluding carboxylic acids is 1. The number of esters is 1. The fraction of sp³-hybridized carbons (Fsp3) is 0.357. The minimum atomic E-state index is -0.454. The molecule has 2 nitrogen and oxygen atoms in total. The van der Waals surface area contributed by atoms with Crippen molar-refractivity contribution in [3.8, 4) is 0 Å². The van der Waals surface area contributed by atoms with Gasteiger partial charge in [-0.1, -0.05) is 24.3 Å². The first-order chi connectivity index (χ1) is 7.29. The van der Waals surface area contributed by atoms with Gasteiger partial charge >= 0.3 is 5.97 Å². The molecule has 0 atom stereocenters. The molecule has 0 bridgehead atoms. The second-order valence-corrected chi connectivity index (χ2v) is 4.86. The molecule has 1 rings (SSSR count). The van der Waals surface area contributed by atoms with Gasteiger partial charge in [-0.3, -0.25) is 0 Å². The predicted molar refractivity (Wildman–Crippen MR) is 66.3 cm³/mol. The van der Waals surface area contributed by atoms with Crippen LogP contribution in [0.5, 0.6) is 0 Å². The van der Waals surface area contributed by atoms with Crippen molar-refractivity contribution in [2.24, 2.45) is 0 Å². The van der Waals surface area contributed by atoms with Crippen LogP contribution in [0, 0.1) is 0 Å². The molecule has 0 saturated carbocycles. The molecule has 0 unspecified atom stereocenters. The first kappa shape index (κ1) is 12.5. The molecule has 0 amide bonds. The molecule has 0 N–H and O–H groups in total. The Kier molecular flexibility index (Phi) is 3.53. The van der Waals surface area contributed by atoms with E-state index in [-0.39, 0.29) is 5.97 Å². The van der Waals surface area contributed by atoms with Crippen molar-refractivity contribution in [2.75, 3.05) is 0 Å². The number of rotatable bonds is 2. The molecule has 1 aromatic carbocycles. The molecule has 0 aliphatic rings. The molecule has 0 heterocycles. The summed E-state index contributed by atoms with van der Waals surface area (Å²) in [4.78, 5) is 11.7. The quantitative estimate of drug-likeness (QED) is 0.708. The summed E-state index contributed by atoms with van der Waals surface area (Å²) in [6.07, 6.45) is 0. The van der Waals surface area contributed by atoms with Gasteiger partial charge < -0.3 is 4.74 Å². The van der Waals surface area contributed by atoms with Crippen LogP contribution in [0.4, 0.5) is 0 Å². The van der Waals surface area contributed by atoms with Gasteiger partial charge in [0, 0.05) is 0 Å². The average Bonchev–Trinajstić information content (AvgIpc) is 2.15. The van der Waals surface area contributed by atoms with Crippen LogP contribution >= 0.6 is 0 Å². The maximum Gasteiger partial charge on any atom is 0.338 e. The summed E-state index contributed by atoms with van der Waals surface area (Å²) in [7, 11) is 0. The van der Waals surface area contributed by atoms with E-state index >= 15 is 0 Å². The Labute approximate surface area is 96.9 Å². The zero-order valence-electron chi connectivity index (χ0n) is 10.3. The Hall–Kier alpha value is -1.57. The first-order valence-corrected chi connectivity index (χ1v) is 5.29. The number of benzene rings is 1. The van der Waals surface area contributed by atoms with Crippen LogP contribution in [0.15, 0.2) is 30.8 Å². The minimum absolute atomic E-state index is 0.291. The monoisotopic (exact) mass is 218 g/mol. The van der Waals surface area contributed by atoms with Crippen molar-refractivity contribution in [3.63, 3.8) is 0 Å². The van der Waals surface area contributed by atoms with E-state index in [1.165, 1.54) is 0 Å². The van der Waals surface area contributed by atoms with E-state index < -0.39 is 5.60 Å². The number of carbonyl (C=O) groups is 1. The van der Waals surface area contributed by atoms with Gasteiger partial charge in [-0.15, -0.1) is 0 Å². The summed E-state index contributed by atoms with van der Waals surface area (Å²) in [5.74, 6) is -0.291. The molecular formula is C14H18O2. The molecule has 0 spiro atoms. The number of hydrogen-bond acceptors (Lipinski definition) is 2. The summed E-state index contributed by atoms with van der Waals surface area (Å²) in [6.45, 7) is 11.3. The van der Waals surface area contributed by atoms with E-state index in [9.17, 15) is 4.79 Å². The second kappa shape index (κ2) is 4.52.